The Bertz CT molecular complexity index is 402. The number of benzene rings is 1. The van der Waals surface area contributed by atoms with Crippen LogP contribution in [-0.4, -0.2) is 24.7 Å². The molecule has 1 aromatic carbocycles. The van der Waals surface area contributed by atoms with Gasteiger partial charge >= 0.3 is 0 Å². The fourth-order valence-corrected chi connectivity index (χ4v) is 1.50. The summed E-state index contributed by atoms with van der Waals surface area (Å²) in [6.07, 6.45) is 0.139. The monoisotopic (exact) mass is 220 g/mol. The predicted molar refractivity (Wildman–Crippen MR) is 63.3 cm³/mol. The lowest BCUT2D eigenvalue weighted by molar-refractivity contribution is -0.118. The minimum atomic E-state index is -0.438. The minimum Gasteiger partial charge on any atom is -0.398 e. The van der Waals surface area contributed by atoms with E-state index in [1.807, 2.05) is 0 Å². The van der Waals surface area contributed by atoms with Crippen molar-refractivity contribution in [3.8, 4) is 0 Å². The molecule has 4 nitrogen and oxygen atoms in total. The number of hydrogen-bond acceptors (Lipinski definition) is 4. The maximum absolute atomic E-state index is 11.9. The van der Waals surface area contributed by atoms with E-state index < -0.39 is 6.04 Å². The smallest absolute Gasteiger partial charge is 0.166 e. The first kappa shape index (κ1) is 12.4. The van der Waals surface area contributed by atoms with E-state index in [1.165, 1.54) is 6.92 Å². The van der Waals surface area contributed by atoms with Crippen LogP contribution in [0.5, 0.6) is 0 Å². The second-order valence-electron chi connectivity index (χ2n) is 3.67. The molecule has 0 aliphatic rings. The Morgan fingerprint density at radius 3 is 2.50 bits per heavy atom. The van der Waals surface area contributed by atoms with E-state index in [9.17, 15) is 9.59 Å². The fourth-order valence-electron chi connectivity index (χ4n) is 1.50. The number of ketones is 2. The van der Waals surface area contributed by atoms with Gasteiger partial charge < -0.3 is 11.1 Å². The molecule has 0 saturated heterocycles. The molecular weight excluding hydrogens is 204 g/mol. The molecule has 0 bridgehead atoms. The molecule has 0 heterocycles. The topological polar surface area (TPSA) is 72.2 Å². The molecule has 0 aliphatic heterocycles. The number of para-hydroxylation sites is 1. The van der Waals surface area contributed by atoms with Crippen molar-refractivity contribution in [1.82, 2.24) is 5.32 Å². The fraction of sp³-hybridized carbons (Fsp3) is 0.333. The van der Waals surface area contributed by atoms with Crippen molar-refractivity contribution >= 4 is 17.3 Å². The zero-order valence-corrected chi connectivity index (χ0v) is 9.49. The molecule has 0 spiro atoms. The highest BCUT2D eigenvalue weighted by molar-refractivity contribution is 6.03. The third kappa shape index (κ3) is 2.90. The van der Waals surface area contributed by atoms with Crippen LogP contribution in [0.2, 0.25) is 0 Å². The van der Waals surface area contributed by atoms with Gasteiger partial charge in [0.2, 0.25) is 0 Å². The van der Waals surface area contributed by atoms with Crippen LogP contribution in [0.1, 0.15) is 23.7 Å². The molecular formula is C12H16N2O2. The molecule has 0 aromatic heterocycles. The quantitative estimate of drug-likeness (QED) is 0.574. The van der Waals surface area contributed by atoms with Gasteiger partial charge in [-0.3, -0.25) is 9.59 Å². The lowest BCUT2D eigenvalue weighted by Crippen LogP contribution is -2.34. The van der Waals surface area contributed by atoms with Crippen LogP contribution >= 0.6 is 0 Å². The largest absolute Gasteiger partial charge is 0.398 e. The Hall–Kier alpha value is -1.68. The van der Waals surface area contributed by atoms with E-state index in [4.69, 9.17) is 5.73 Å². The highest BCUT2D eigenvalue weighted by Crippen LogP contribution is 2.14. The van der Waals surface area contributed by atoms with Crippen LogP contribution in [0.15, 0.2) is 24.3 Å². The molecule has 0 radical (unpaired) electrons. The summed E-state index contributed by atoms with van der Waals surface area (Å²) in [5.74, 6) is -0.169. The van der Waals surface area contributed by atoms with Crippen molar-refractivity contribution in [1.29, 1.82) is 0 Å². The summed E-state index contributed by atoms with van der Waals surface area (Å²) in [4.78, 5) is 23.0. The first-order valence-corrected chi connectivity index (χ1v) is 5.11. The van der Waals surface area contributed by atoms with Crippen molar-refractivity contribution in [2.75, 3.05) is 12.8 Å². The Balaban J connectivity index is 2.80. The molecule has 3 N–H and O–H groups in total. The van der Waals surface area contributed by atoms with E-state index in [2.05, 4.69) is 5.32 Å². The van der Waals surface area contributed by atoms with Gasteiger partial charge in [0.25, 0.3) is 0 Å². The molecule has 4 heteroatoms. The van der Waals surface area contributed by atoms with E-state index in [0.717, 1.165) is 0 Å². The summed E-state index contributed by atoms with van der Waals surface area (Å²) in [7, 11) is 1.66. The van der Waals surface area contributed by atoms with Crippen molar-refractivity contribution in [3.05, 3.63) is 29.8 Å². The SMILES string of the molecule is CNC(CC(=O)c1ccccc1N)C(C)=O. The first-order valence-electron chi connectivity index (χ1n) is 5.11. The van der Waals surface area contributed by atoms with E-state index in [0.29, 0.717) is 11.3 Å². The number of hydrogen-bond donors (Lipinski definition) is 2. The lowest BCUT2D eigenvalue weighted by atomic mass is 10.0. The molecule has 1 rings (SSSR count). The average molecular weight is 220 g/mol. The summed E-state index contributed by atoms with van der Waals surface area (Å²) in [6, 6.07) is 6.44. The first-order chi connectivity index (χ1) is 7.56. The van der Waals surface area contributed by atoms with Crippen molar-refractivity contribution in [2.45, 2.75) is 19.4 Å². The molecule has 0 saturated carbocycles. The number of likely N-dealkylation sites (N-methyl/N-ethyl adjacent to an activating group) is 1. The molecule has 86 valence electrons. The molecule has 1 aromatic rings. The van der Waals surface area contributed by atoms with E-state index in [1.54, 1.807) is 31.3 Å². The second-order valence-corrected chi connectivity index (χ2v) is 3.67. The maximum Gasteiger partial charge on any atom is 0.166 e. The van der Waals surface area contributed by atoms with Gasteiger partial charge in [-0.05, 0) is 26.1 Å². The third-order valence-electron chi connectivity index (χ3n) is 2.49. The summed E-state index contributed by atoms with van der Waals surface area (Å²) in [6.45, 7) is 1.46. The van der Waals surface area contributed by atoms with Crippen LogP contribution in [0.25, 0.3) is 0 Å². The zero-order valence-electron chi connectivity index (χ0n) is 9.49. The number of carbonyl (C=O) groups excluding carboxylic acids is 2. The van der Waals surface area contributed by atoms with Gasteiger partial charge in [-0.2, -0.15) is 0 Å². The van der Waals surface area contributed by atoms with Crippen LogP contribution in [-0.2, 0) is 4.79 Å². The minimum absolute atomic E-state index is 0.0506. The summed E-state index contributed by atoms with van der Waals surface area (Å²) < 4.78 is 0. The van der Waals surface area contributed by atoms with Gasteiger partial charge in [0.1, 0.15) is 5.78 Å². The third-order valence-corrected chi connectivity index (χ3v) is 2.49. The zero-order chi connectivity index (χ0) is 12.1. The van der Waals surface area contributed by atoms with E-state index >= 15 is 0 Å². The summed E-state index contributed by atoms with van der Waals surface area (Å²) >= 11 is 0. The van der Waals surface area contributed by atoms with Gasteiger partial charge in [0.05, 0.1) is 6.04 Å². The van der Waals surface area contributed by atoms with Crippen molar-refractivity contribution < 1.29 is 9.59 Å². The van der Waals surface area contributed by atoms with Crippen molar-refractivity contribution in [2.24, 2.45) is 0 Å². The number of nitrogens with one attached hydrogen (secondary N) is 1. The molecule has 0 fully saturated rings. The number of nitrogen functional groups attached to an aromatic ring is 1. The Kier molecular flexibility index (Phi) is 4.19. The number of nitrogens with two attached hydrogens (primary N) is 1. The molecule has 16 heavy (non-hydrogen) atoms. The van der Waals surface area contributed by atoms with Gasteiger partial charge in [-0.25, -0.2) is 0 Å². The number of Topliss-reactive ketones (excluding diaryl/α,β-unsaturated/α-hetero) is 2. The Morgan fingerprint density at radius 1 is 1.38 bits per heavy atom. The average Bonchev–Trinajstić information content (AvgIpc) is 2.25. The summed E-state index contributed by atoms with van der Waals surface area (Å²) in [5, 5.41) is 2.81. The standard InChI is InChI=1S/C12H16N2O2/c1-8(15)11(14-2)7-12(16)9-5-3-4-6-10(9)13/h3-6,11,14H,7,13H2,1-2H3. The second kappa shape index (κ2) is 5.42. The van der Waals surface area contributed by atoms with Gasteiger partial charge in [0, 0.05) is 17.7 Å². The number of carbonyl (C=O) groups is 2. The van der Waals surface area contributed by atoms with Crippen LogP contribution in [0.3, 0.4) is 0 Å². The van der Waals surface area contributed by atoms with Gasteiger partial charge in [0.15, 0.2) is 5.78 Å². The van der Waals surface area contributed by atoms with Gasteiger partial charge in [-0.1, -0.05) is 12.1 Å². The lowest BCUT2D eigenvalue weighted by Gasteiger charge is -2.12. The van der Waals surface area contributed by atoms with E-state index in [-0.39, 0.29) is 18.0 Å². The highest BCUT2D eigenvalue weighted by Gasteiger charge is 2.18. The Morgan fingerprint density at radius 2 is 2.00 bits per heavy atom. The van der Waals surface area contributed by atoms with Crippen LogP contribution < -0.4 is 11.1 Å². The Labute approximate surface area is 94.8 Å². The number of rotatable bonds is 5. The van der Waals surface area contributed by atoms with Crippen molar-refractivity contribution in [3.63, 3.8) is 0 Å². The molecule has 0 amide bonds. The molecule has 0 aliphatic carbocycles. The van der Waals surface area contributed by atoms with Crippen LogP contribution in [0.4, 0.5) is 5.69 Å². The normalized spacial score (nSPS) is 12.1. The highest BCUT2D eigenvalue weighted by atomic mass is 16.1. The van der Waals surface area contributed by atoms with Crippen LogP contribution in [0, 0.1) is 0 Å². The molecule has 1 unspecified atom stereocenters. The number of anilines is 1. The van der Waals surface area contributed by atoms with Gasteiger partial charge in [-0.15, -0.1) is 0 Å². The predicted octanol–water partition coefficient (Wildman–Crippen LogP) is 1.02. The molecule has 1 atom stereocenters. The summed E-state index contributed by atoms with van der Waals surface area (Å²) in [5.41, 5.74) is 6.61. The maximum atomic E-state index is 11.9.